The van der Waals surface area contributed by atoms with Crippen LogP contribution in [0, 0.1) is 0 Å². The van der Waals surface area contributed by atoms with Crippen LogP contribution >= 0.6 is 0 Å². The van der Waals surface area contributed by atoms with Crippen LogP contribution in [0.1, 0.15) is 21.5 Å². The van der Waals surface area contributed by atoms with Crippen molar-refractivity contribution in [2.45, 2.75) is 6.42 Å². The molecule has 3 aromatic rings. The van der Waals surface area contributed by atoms with Gasteiger partial charge in [0.15, 0.2) is 5.82 Å². The molecule has 1 heterocycles. The molecule has 22 heavy (non-hydrogen) atoms. The van der Waals surface area contributed by atoms with Crippen molar-refractivity contribution in [3.05, 3.63) is 83.6 Å². The van der Waals surface area contributed by atoms with Crippen molar-refractivity contribution in [2.75, 3.05) is 5.32 Å². The van der Waals surface area contributed by atoms with Gasteiger partial charge in [0, 0.05) is 24.9 Å². The topological polar surface area (TPSA) is 46.9 Å². The molecule has 0 radical (unpaired) electrons. The van der Waals surface area contributed by atoms with Gasteiger partial charge in [-0.05, 0) is 23.6 Å². The molecule has 0 aliphatic carbocycles. The first-order valence-electron chi connectivity index (χ1n) is 7.15. The number of amides is 1. The molecule has 0 spiro atoms. The van der Waals surface area contributed by atoms with E-state index in [0.717, 1.165) is 12.0 Å². The van der Waals surface area contributed by atoms with Crippen molar-refractivity contribution in [2.24, 2.45) is 7.05 Å². The minimum Gasteiger partial charge on any atom is -0.305 e. The minimum atomic E-state index is -0.134. The Morgan fingerprint density at radius 2 is 1.77 bits per heavy atom. The number of aryl methyl sites for hydroxylation is 1. The van der Waals surface area contributed by atoms with Crippen LogP contribution in [0.25, 0.3) is 0 Å². The summed E-state index contributed by atoms with van der Waals surface area (Å²) >= 11 is 0. The van der Waals surface area contributed by atoms with Crippen LogP contribution in [0.3, 0.4) is 0 Å². The fraction of sp³-hybridized carbons (Fsp3) is 0.111. The predicted molar refractivity (Wildman–Crippen MR) is 86.9 cm³/mol. The Balaban J connectivity index is 1.83. The van der Waals surface area contributed by atoms with E-state index in [9.17, 15) is 4.79 Å². The summed E-state index contributed by atoms with van der Waals surface area (Å²) in [5, 5.41) is 7.01. The molecule has 110 valence electrons. The summed E-state index contributed by atoms with van der Waals surface area (Å²) in [6.07, 6.45) is 2.53. The maximum absolute atomic E-state index is 12.5. The Kier molecular flexibility index (Phi) is 4.01. The average Bonchev–Trinajstić information content (AvgIpc) is 2.94. The number of carbonyl (C=O) groups is 1. The van der Waals surface area contributed by atoms with E-state index in [2.05, 4.69) is 22.5 Å². The maximum Gasteiger partial charge on any atom is 0.257 e. The summed E-state index contributed by atoms with van der Waals surface area (Å²) in [7, 11) is 1.82. The van der Waals surface area contributed by atoms with Crippen LogP contribution in [-0.4, -0.2) is 15.7 Å². The summed E-state index contributed by atoms with van der Waals surface area (Å²) in [5.41, 5.74) is 2.86. The highest BCUT2D eigenvalue weighted by Crippen LogP contribution is 2.16. The zero-order chi connectivity index (χ0) is 15.4. The monoisotopic (exact) mass is 291 g/mol. The van der Waals surface area contributed by atoms with Gasteiger partial charge in [0.1, 0.15) is 0 Å². The van der Waals surface area contributed by atoms with Crippen molar-refractivity contribution in [1.82, 2.24) is 9.78 Å². The molecule has 0 atom stereocenters. The van der Waals surface area contributed by atoms with Gasteiger partial charge in [-0.1, -0.05) is 48.5 Å². The van der Waals surface area contributed by atoms with Crippen LogP contribution < -0.4 is 5.32 Å². The van der Waals surface area contributed by atoms with E-state index in [4.69, 9.17) is 0 Å². The standard InChI is InChI=1S/C18H17N3O/c1-21-12-11-17(20-21)19-18(22)16-10-6-5-9-15(16)13-14-7-3-2-4-8-14/h2-12H,13H2,1H3,(H,19,20,22). The first-order chi connectivity index (χ1) is 10.7. The van der Waals surface area contributed by atoms with Crippen LogP contribution in [-0.2, 0) is 13.5 Å². The predicted octanol–water partition coefficient (Wildman–Crippen LogP) is 3.26. The molecule has 1 amide bonds. The molecule has 0 unspecified atom stereocenters. The lowest BCUT2D eigenvalue weighted by atomic mass is 9.99. The number of nitrogens with one attached hydrogen (secondary N) is 1. The van der Waals surface area contributed by atoms with E-state index >= 15 is 0 Å². The number of aromatic nitrogens is 2. The Bertz CT molecular complexity index is 778. The number of anilines is 1. The van der Waals surface area contributed by atoms with Gasteiger partial charge >= 0.3 is 0 Å². The fourth-order valence-electron chi connectivity index (χ4n) is 2.38. The molecule has 0 aliphatic rings. The normalized spacial score (nSPS) is 10.4. The first-order valence-corrected chi connectivity index (χ1v) is 7.15. The zero-order valence-electron chi connectivity index (χ0n) is 12.4. The highest BCUT2D eigenvalue weighted by molar-refractivity contribution is 6.04. The summed E-state index contributed by atoms with van der Waals surface area (Å²) in [6.45, 7) is 0. The molecule has 0 saturated heterocycles. The lowest BCUT2D eigenvalue weighted by molar-refractivity contribution is 0.102. The highest BCUT2D eigenvalue weighted by Gasteiger charge is 2.12. The second-order valence-electron chi connectivity index (χ2n) is 5.15. The lowest BCUT2D eigenvalue weighted by Gasteiger charge is -2.09. The van der Waals surface area contributed by atoms with Gasteiger partial charge in [0.25, 0.3) is 5.91 Å². The van der Waals surface area contributed by atoms with Crippen LogP contribution in [0.5, 0.6) is 0 Å². The fourth-order valence-corrected chi connectivity index (χ4v) is 2.38. The number of nitrogens with zero attached hydrogens (tertiary/aromatic N) is 2. The van der Waals surface area contributed by atoms with E-state index < -0.39 is 0 Å². The molecule has 1 N–H and O–H groups in total. The van der Waals surface area contributed by atoms with Gasteiger partial charge in [0.05, 0.1) is 0 Å². The summed E-state index contributed by atoms with van der Waals surface area (Å²) < 4.78 is 1.66. The quantitative estimate of drug-likeness (QED) is 0.802. The molecule has 4 heteroatoms. The van der Waals surface area contributed by atoms with Crippen molar-refractivity contribution in [1.29, 1.82) is 0 Å². The third-order valence-corrected chi connectivity index (χ3v) is 3.45. The Morgan fingerprint density at radius 1 is 1.05 bits per heavy atom. The molecule has 1 aromatic heterocycles. The Hall–Kier alpha value is -2.88. The number of rotatable bonds is 4. The van der Waals surface area contributed by atoms with Crippen LogP contribution in [0.4, 0.5) is 5.82 Å². The van der Waals surface area contributed by atoms with E-state index in [1.54, 1.807) is 16.9 Å². The van der Waals surface area contributed by atoms with Crippen molar-refractivity contribution >= 4 is 11.7 Å². The molecular formula is C18H17N3O. The third-order valence-electron chi connectivity index (χ3n) is 3.45. The maximum atomic E-state index is 12.5. The zero-order valence-corrected chi connectivity index (χ0v) is 12.4. The highest BCUT2D eigenvalue weighted by atomic mass is 16.1. The molecule has 0 fully saturated rings. The van der Waals surface area contributed by atoms with Crippen molar-refractivity contribution in [3.63, 3.8) is 0 Å². The van der Waals surface area contributed by atoms with Gasteiger partial charge in [-0.25, -0.2) is 0 Å². The van der Waals surface area contributed by atoms with Gasteiger partial charge in [-0.3, -0.25) is 9.48 Å². The van der Waals surface area contributed by atoms with Crippen molar-refractivity contribution in [3.8, 4) is 0 Å². The number of hydrogen-bond donors (Lipinski definition) is 1. The second kappa shape index (κ2) is 6.26. The average molecular weight is 291 g/mol. The summed E-state index contributed by atoms with van der Waals surface area (Å²) in [5.74, 6) is 0.423. The molecule has 4 nitrogen and oxygen atoms in total. The largest absolute Gasteiger partial charge is 0.305 e. The molecule has 3 rings (SSSR count). The van der Waals surface area contributed by atoms with E-state index in [1.807, 2.05) is 49.5 Å². The Labute approximate surface area is 129 Å². The van der Waals surface area contributed by atoms with Gasteiger partial charge in [-0.2, -0.15) is 5.10 Å². The summed E-state index contributed by atoms with van der Waals surface area (Å²) in [6, 6.07) is 19.6. The van der Waals surface area contributed by atoms with E-state index in [1.165, 1.54) is 5.56 Å². The van der Waals surface area contributed by atoms with Gasteiger partial charge < -0.3 is 5.32 Å². The van der Waals surface area contributed by atoms with Crippen LogP contribution in [0.2, 0.25) is 0 Å². The summed E-state index contributed by atoms with van der Waals surface area (Å²) in [4.78, 5) is 12.5. The number of carbonyl (C=O) groups excluding carboxylic acids is 1. The third kappa shape index (κ3) is 3.23. The smallest absolute Gasteiger partial charge is 0.257 e. The molecular weight excluding hydrogens is 274 g/mol. The molecule has 2 aromatic carbocycles. The van der Waals surface area contributed by atoms with E-state index in [0.29, 0.717) is 11.4 Å². The molecule has 0 saturated carbocycles. The van der Waals surface area contributed by atoms with Gasteiger partial charge in [0.2, 0.25) is 0 Å². The van der Waals surface area contributed by atoms with Crippen molar-refractivity contribution < 1.29 is 4.79 Å². The number of hydrogen-bond acceptors (Lipinski definition) is 2. The minimum absolute atomic E-state index is 0.134. The Morgan fingerprint density at radius 3 is 2.50 bits per heavy atom. The first kappa shape index (κ1) is 14.1. The van der Waals surface area contributed by atoms with Crippen LogP contribution in [0.15, 0.2) is 66.9 Å². The van der Waals surface area contributed by atoms with Gasteiger partial charge in [-0.15, -0.1) is 0 Å². The number of benzene rings is 2. The molecule has 0 aliphatic heterocycles. The lowest BCUT2D eigenvalue weighted by Crippen LogP contribution is -2.15. The SMILES string of the molecule is Cn1ccc(NC(=O)c2ccccc2Cc2ccccc2)n1. The molecule has 0 bridgehead atoms. The second-order valence-corrected chi connectivity index (χ2v) is 5.15. The van der Waals surface area contributed by atoms with E-state index in [-0.39, 0.29) is 5.91 Å².